The van der Waals surface area contributed by atoms with Crippen molar-refractivity contribution in [2.24, 2.45) is 11.3 Å². The summed E-state index contributed by atoms with van der Waals surface area (Å²) in [6.45, 7) is 3.31. The first-order chi connectivity index (χ1) is 9.53. The molecule has 0 spiro atoms. The van der Waals surface area contributed by atoms with Gasteiger partial charge in [-0.05, 0) is 51.0 Å². The number of hydrogen-bond donors (Lipinski definition) is 3. The molecule has 2 rings (SSSR count). The SMILES string of the molecule is CC1CCC(CNC(=O)[C@H]2CCCCN2)(C(=O)O)CC1. The molecule has 0 aromatic heterocycles. The predicted octanol–water partition coefficient (Wildman–Crippen LogP) is 1.53. The van der Waals surface area contributed by atoms with Crippen molar-refractivity contribution in [3.05, 3.63) is 0 Å². The average Bonchev–Trinajstić information content (AvgIpc) is 2.47. The summed E-state index contributed by atoms with van der Waals surface area (Å²) in [5.74, 6) is -0.205. The summed E-state index contributed by atoms with van der Waals surface area (Å²) in [4.78, 5) is 23.7. The van der Waals surface area contributed by atoms with Gasteiger partial charge in [0.25, 0.3) is 0 Å². The fraction of sp³-hybridized carbons (Fsp3) is 0.867. The van der Waals surface area contributed by atoms with Crippen LogP contribution in [-0.4, -0.2) is 36.1 Å². The van der Waals surface area contributed by atoms with Gasteiger partial charge in [0.05, 0.1) is 11.5 Å². The second kappa shape index (κ2) is 6.57. The first-order valence-corrected chi connectivity index (χ1v) is 7.78. The van der Waals surface area contributed by atoms with E-state index in [9.17, 15) is 14.7 Å². The highest BCUT2D eigenvalue weighted by Crippen LogP contribution is 2.38. The van der Waals surface area contributed by atoms with Gasteiger partial charge in [-0.3, -0.25) is 9.59 Å². The zero-order valence-corrected chi connectivity index (χ0v) is 12.3. The minimum Gasteiger partial charge on any atom is -0.481 e. The van der Waals surface area contributed by atoms with Crippen molar-refractivity contribution in [2.75, 3.05) is 13.1 Å². The molecule has 1 atom stereocenters. The summed E-state index contributed by atoms with van der Waals surface area (Å²) in [7, 11) is 0. The second-order valence-electron chi connectivity index (χ2n) is 6.49. The second-order valence-corrected chi connectivity index (χ2v) is 6.49. The van der Waals surface area contributed by atoms with Gasteiger partial charge in [0, 0.05) is 6.54 Å². The number of nitrogens with one attached hydrogen (secondary N) is 2. The number of carbonyl (C=O) groups excluding carboxylic acids is 1. The summed E-state index contributed by atoms with van der Waals surface area (Å²) >= 11 is 0. The van der Waals surface area contributed by atoms with Crippen LogP contribution in [0.15, 0.2) is 0 Å². The molecule has 1 saturated heterocycles. The molecule has 0 radical (unpaired) electrons. The van der Waals surface area contributed by atoms with Crippen LogP contribution < -0.4 is 10.6 Å². The summed E-state index contributed by atoms with van der Waals surface area (Å²) in [6.07, 6.45) is 6.23. The normalized spacial score (nSPS) is 34.5. The average molecular weight is 282 g/mol. The van der Waals surface area contributed by atoms with Gasteiger partial charge in [-0.2, -0.15) is 0 Å². The fourth-order valence-corrected chi connectivity index (χ4v) is 3.24. The number of carboxylic acids is 1. The number of carbonyl (C=O) groups is 2. The Morgan fingerprint density at radius 1 is 1.25 bits per heavy atom. The molecule has 0 unspecified atom stereocenters. The van der Waals surface area contributed by atoms with Gasteiger partial charge < -0.3 is 15.7 Å². The van der Waals surface area contributed by atoms with Crippen molar-refractivity contribution < 1.29 is 14.7 Å². The van der Waals surface area contributed by atoms with E-state index >= 15 is 0 Å². The molecule has 0 aromatic rings. The molecule has 3 N–H and O–H groups in total. The molecule has 0 bridgehead atoms. The maximum absolute atomic E-state index is 12.1. The molecule has 1 aliphatic heterocycles. The van der Waals surface area contributed by atoms with Gasteiger partial charge in [-0.25, -0.2) is 0 Å². The van der Waals surface area contributed by atoms with E-state index in [2.05, 4.69) is 17.6 Å². The number of carboxylic acid groups (broad SMARTS) is 1. The number of rotatable bonds is 4. The van der Waals surface area contributed by atoms with Gasteiger partial charge in [-0.1, -0.05) is 13.3 Å². The molecule has 1 saturated carbocycles. The molecule has 2 fully saturated rings. The Morgan fingerprint density at radius 2 is 1.95 bits per heavy atom. The Morgan fingerprint density at radius 3 is 2.50 bits per heavy atom. The minimum absolute atomic E-state index is 0.0380. The summed E-state index contributed by atoms with van der Waals surface area (Å²) in [6, 6.07) is -0.142. The van der Waals surface area contributed by atoms with Gasteiger partial charge in [-0.15, -0.1) is 0 Å². The lowest BCUT2D eigenvalue weighted by Crippen LogP contribution is -2.51. The van der Waals surface area contributed by atoms with Crippen LogP contribution >= 0.6 is 0 Å². The maximum Gasteiger partial charge on any atom is 0.311 e. The van der Waals surface area contributed by atoms with Crippen LogP contribution in [0.5, 0.6) is 0 Å². The largest absolute Gasteiger partial charge is 0.481 e. The molecule has 5 heteroatoms. The lowest BCUT2D eigenvalue weighted by atomic mass is 9.70. The molecule has 114 valence electrons. The Bertz CT molecular complexity index is 356. The molecule has 5 nitrogen and oxygen atoms in total. The number of piperidine rings is 1. The highest BCUT2D eigenvalue weighted by atomic mass is 16.4. The van der Waals surface area contributed by atoms with Crippen LogP contribution in [0.2, 0.25) is 0 Å². The minimum atomic E-state index is -0.763. The molecule has 1 aliphatic carbocycles. The van der Waals surface area contributed by atoms with Crippen LogP contribution in [0.3, 0.4) is 0 Å². The van der Waals surface area contributed by atoms with E-state index in [1.54, 1.807) is 0 Å². The smallest absolute Gasteiger partial charge is 0.311 e. The quantitative estimate of drug-likeness (QED) is 0.730. The third-order valence-electron chi connectivity index (χ3n) is 4.91. The topological polar surface area (TPSA) is 78.4 Å². The van der Waals surface area contributed by atoms with Crippen LogP contribution in [-0.2, 0) is 9.59 Å². The van der Waals surface area contributed by atoms with E-state index in [1.807, 2.05) is 0 Å². The summed E-state index contributed by atoms with van der Waals surface area (Å²) < 4.78 is 0. The lowest BCUT2D eigenvalue weighted by Gasteiger charge is -2.36. The zero-order chi connectivity index (χ0) is 14.6. The first kappa shape index (κ1) is 15.3. The Hall–Kier alpha value is -1.10. The van der Waals surface area contributed by atoms with E-state index < -0.39 is 11.4 Å². The van der Waals surface area contributed by atoms with Crippen LogP contribution in [0.4, 0.5) is 0 Å². The lowest BCUT2D eigenvalue weighted by molar-refractivity contribution is -0.151. The Labute approximate surface area is 120 Å². The fourth-order valence-electron chi connectivity index (χ4n) is 3.24. The zero-order valence-electron chi connectivity index (χ0n) is 12.3. The van der Waals surface area contributed by atoms with Gasteiger partial charge in [0.2, 0.25) is 5.91 Å². The van der Waals surface area contributed by atoms with Crippen molar-refractivity contribution in [2.45, 2.75) is 57.9 Å². The number of amides is 1. The molecule has 2 aliphatic rings. The molecular weight excluding hydrogens is 256 g/mol. The van der Waals surface area contributed by atoms with Crippen molar-refractivity contribution in [1.82, 2.24) is 10.6 Å². The van der Waals surface area contributed by atoms with E-state index in [1.165, 1.54) is 0 Å². The van der Waals surface area contributed by atoms with Crippen molar-refractivity contribution in [3.63, 3.8) is 0 Å². The Kier molecular flexibility index (Phi) is 5.02. The summed E-state index contributed by atoms with van der Waals surface area (Å²) in [5.41, 5.74) is -0.753. The monoisotopic (exact) mass is 282 g/mol. The summed E-state index contributed by atoms with van der Waals surface area (Å²) in [5, 5.41) is 15.6. The Balaban J connectivity index is 1.89. The van der Waals surface area contributed by atoms with Gasteiger partial charge in [0.1, 0.15) is 0 Å². The van der Waals surface area contributed by atoms with E-state index in [0.29, 0.717) is 18.8 Å². The van der Waals surface area contributed by atoms with Crippen molar-refractivity contribution >= 4 is 11.9 Å². The third kappa shape index (κ3) is 3.51. The van der Waals surface area contributed by atoms with Gasteiger partial charge >= 0.3 is 5.97 Å². The molecular formula is C15H26N2O3. The maximum atomic E-state index is 12.1. The highest BCUT2D eigenvalue weighted by molar-refractivity contribution is 5.83. The number of hydrogen-bond acceptors (Lipinski definition) is 3. The van der Waals surface area contributed by atoms with E-state index in [-0.39, 0.29) is 18.5 Å². The van der Waals surface area contributed by atoms with Crippen LogP contribution in [0, 0.1) is 11.3 Å². The molecule has 0 aromatic carbocycles. The molecule has 1 heterocycles. The first-order valence-electron chi connectivity index (χ1n) is 7.78. The van der Waals surface area contributed by atoms with E-state index in [0.717, 1.165) is 38.6 Å². The number of aliphatic carboxylic acids is 1. The van der Waals surface area contributed by atoms with Crippen LogP contribution in [0.1, 0.15) is 51.9 Å². The molecule has 1 amide bonds. The van der Waals surface area contributed by atoms with Crippen molar-refractivity contribution in [1.29, 1.82) is 0 Å². The van der Waals surface area contributed by atoms with Gasteiger partial charge in [0.15, 0.2) is 0 Å². The standard InChI is InChI=1S/C15H26N2O3/c1-11-5-7-15(8-6-11,14(19)20)10-17-13(18)12-4-2-3-9-16-12/h11-12,16H,2-10H2,1H3,(H,17,18)(H,19,20)/t11?,12-,15?/m1/s1. The van der Waals surface area contributed by atoms with Crippen molar-refractivity contribution in [3.8, 4) is 0 Å². The highest BCUT2D eigenvalue weighted by Gasteiger charge is 2.41. The van der Waals surface area contributed by atoms with E-state index in [4.69, 9.17) is 0 Å². The third-order valence-corrected chi connectivity index (χ3v) is 4.91. The van der Waals surface area contributed by atoms with Crippen LogP contribution in [0.25, 0.3) is 0 Å². The molecule has 20 heavy (non-hydrogen) atoms. The predicted molar refractivity (Wildman–Crippen MR) is 76.4 cm³/mol.